The second-order valence-electron chi connectivity index (χ2n) is 6.20. The number of nitrogens with one attached hydrogen (secondary N) is 1. The summed E-state index contributed by atoms with van der Waals surface area (Å²) in [4.78, 5) is 20.7. The Bertz CT molecular complexity index is 1100. The fourth-order valence-electron chi connectivity index (χ4n) is 2.87. The van der Waals surface area contributed by atoms with E-state index in [4.69, 9.17) is 10.2 Å². The Labute approximate surface area is 161 Å². The highest BCUT2D eigenvalue weighted by molar-refractivity contribution is 6.07. The van der Waals surface area contributed by atoms with Crippen LogP contribution in [0.3, 0.4) is 0 Å². The largest absolute Gasteiger partial charge is 0.422 e. The van der Waals surface area contributed by atoms with Gasteiger partial charge in [-0.2, -0.15) is 9.98 Å². The number of rotatable bonds is 3. The van der Waals surface area contributed by atoms with Gasteiger partial charge < -0.3 is 10.2 Å². The van der Waals surface area contributed by atoms with Crippen LogP contribution in [-0.4, -0.2) is 16.9 Å². The number of allylic oxidation sites excluding steroid dienone is 4. The van der Waals surface area contributed by atoms with Crippen LogP contribution < -0.4 is 11.1 Å². The Balaban J connectivity index is 1.49. The first-order valence-corrected chi connectivity index (χ1v) is 8.83. The number of amides is 1. The Kier molecular flexibility index (Phi) is 4.84. The Morgan fingerprint density at radius 1 is 1.07 bits per heavy atom. The Hall–Kier alpha value is -3.93. The molecule has 0 saturated heterocycles. The molecule has 1 heterocycles. The van der Waals surface area contributed by atoms with Gasteiger partial charge in [-0.25, -0.2) is 0 Å². The second-order valence-corrected chi connectivity index (χ2v) is 6.20. The minimum Gasteiger partial charge on any atom is -0.422 e. The van der Waals surface area contributed by atoms with E-state index in [2.05, 4.69) is 15.3 Å². The highest BCUT2D eigenvalue weighted by Crippen LogP contribution is 2.22. The van der Waals surface area contributed by atoms with Crippen LogP contribution in [0.4, 0.5) is 6.01 Å². The van der Waals surface area contributed by atoms with Gasteiger partial charge in [0.2, 0.25) is 5.96 Å². The van der Waals surface area contributed by atoms with Crippen molar-refractivity contribution in [2.45, 2.75) is 6.42 Å². The summed E-state index contributed by atoms with van der Waals surface area (Å²) in [5.41, 5.74) is 9.87. The third kappa shape index (κ3) is 3.91. The maximum atomic E-state index is 12.5. The molecule has 0 saturated carbocycles. The number of nitrogens with two attached hydrogens (primary N) is 1. The molecule has 0 atom stereocenters. The van der Waals surface area contributed by atoms with Crippen molar-refractivity contribution in [2.24, 2.45) is 10.7 Å². The molecule has 0 fully saturated rings. The number of guanidine groups is 1. The SMILES string of the molecule is N/C(=N\c1nc2ccccc2o1)NC(=O)C1=CC=C(c2ccccc2)CC=C1. The van der Waals surface area contributed by atoms with Crippen LogP contribution in [0.15, 0.2) is 93.9 Å². The van der Waals surface area contributed by atoms with E-state index in [0.717, 1.165) is 17.6 Å². The van der Waals surface area contributed by atoms with Crippen molar-refractivity contribution in [3.05, 3.63) is 90.0 Å². The van der Waals surface area contributed by atoms with Crippen molar-refractivity contribution in [3.63, 3.8) is 0 Å². The molecule has 0 spiro atoms. The van der Waals surface area contributed by atoms with Gasteiger partial charge in [0.05, 0.1) is 0 Å². The number of nitrogens with zero attached hydrogens (tertiary/aromatic N) is 2. The highest BCUT2D eigenvalue weighted by Gasteiger charge is 2.11. The number of aromatic nitrogens is 1. The zero-order valence-electron chi connectivity index (χ0n) is 15.0. The number of hydrogen-bond donors (Lipinski definition) is 2. The molecule has 1 amide bonds. The monoisotopic (exact) mass is 370 g/mol. The topological polar surface area (TPSA) is 93.5 Å². The molecule has 6 heteroatoms. The van der Waals surface area contributed by atoms with Crippen molar-refractivity contribution < 1.29 is 9.21 Å². The number of benzene rings is 2. The molecule has 4 rings (SSSR count). The smallest absolute Gasteiger partial charge is 0.325 e. The molecule has 0 aliphatic heterocycles. The summed E-state index contributed by atoms with van der Waals surface area (Å²) in [5, 5.41) is 2.56. The van der Waals surface area contributed by atoms with Crippen molar-refractivity contribution in [3.8, 4) is 0 Å². The van der Waals surface area contributed by atoms with E-state index in [-0.39, 0.29) is 17.9 Å². The zero-order valence-corrected chi connectivity index (χ0v) is 15.0. The number of oxazole rings is 1. The lowest BCUT2D eigenvalue weighted by Gasteiger charge is -2.03. The minimum atomic E-state index is -0.348. The molecule has 1 aliphatic rings. The third-order valence-electron chi connectivity index (χ3n) is 4.25. The van der Waals surface area contributed by atoms with Gasteiger partial charge in [0.15, 0.2) is 5.58 Å². The molecule has 0 radical (unpaired) electrons. The number of aliphatic imine (C=N–C) groups is 1. The molecule has 138 valence electrons. The quantitative estimate of drug-likeness (QED) is 0.541. The lowest BCUT2D eigenvalue weighted by Crippen LogP contribution is -2.37. The lowest BCUT2D eigenvalue weighted by molar-refractivity contribution is -0.115. The first-order chi connectivity index (χ1) is 13.7. The van der Waals surface area contributed by atoms with Crippen LogP contribution >= 0.6 is 0 Å². The number of para-hydroxylation sites is 2. The van der Waals surface area contributed by atoms with Crippen LogP contribution in [0.5, 0.6) is 0 Å². The maximum Gasteiger partial charge on any atom is 0.325 e. The van der Waals surface area contributed by atoms with E-state index in [9.17, 15) is 4.79 Å². The van der Waals surface area contributed by atoms with Gasteiger partial charge in [0, 0.05) is 5.57 Å². The Morgan fingerprint density at radius 3 is 2.68 bits per heavy atom. The van der Waals surface area contributed by atoms with Gasteiger partial charge >= 0.3 is 6.01 Å². The van der Waals surface area contributed by atoms with E-state index in [1.165, 1.54) is 0 Å². The molecule has 1 aromatic heterocycles. The summed E-state index contributed by atoms with van der Waals surface area (Å²) in [5.74, 6) is -0.429. The van der Waals surface area contributed by atoms with Gasteiger partial charge in [-0.1, -0.05) is 60.7 Å². The minimum absolute atomic E-state index is 0.0811. The maximum absolute atomic E-state index is 12.5. The average Bonchev–Trinajstić information content (AvgIpc) is 2.94. The number of fused-ring (bicyclic) bond motifs is 1. The normalized spacial score (nSPS) is 14.4. The highest BCUT2D eigenvalue weighted by atomic mass is 16.4. The molecule has 0 bridgehead atoms. The van der Waals surface area contributed by atoms with Crippen LogP contribution in [0.2, 0.25) is 0 Å². The van der Waals surface area contributed by atoms with Crippen molar-refractivity contribution >= 4 is 34.6 Å². The van der Waals surface area contributed by atoms with Gasteiger partial charge in [-0.05, 0) is 35.8 Å². The second kappa shape index (κ2) is 7.75. The van der Waals surface area contributed by atoms with E-state index in [1.807, 2.05) is 60.7 Å². The first kappa shape index (κ1) is 17.5. The van der Waals surface area contributed by atoms with Crippen LogP contribution in [0.25, 0.3) is 16.7 Å². The van der Waals surface area contributed by atoms with Crippen molar-refractivity contribution in [1.29, 1.82) is 0 Å². The molecule has 3 N–H and O–H groups in total. The zero-order chi connectivity index (χ0) is 19.3. The molecular formula is C22H18N4O2. The van der Waals surface area contributed by atoms with Crippen LogP contribution in [-0.2, 0) is 4.79 Å². The van der Waals surface area contributed by atoms with Crippen molar-refractivity contribution in [2.75, 3.05) is 0 Å². The third-order valence-corrected chi connectivity index (χ3v) is 4.25. The number of carbonyl (C=O) groups excluding carboxylic acids is 1. The molecule has 0 unspecified atom stereocenters. The fraction of sp³-hybridized carbons (Fsp3) is 0.0455. The average molecular weight is 370 g/mol. The first-order valence-electron chi connectivity index (χ1n) is 8.83. The molecule has 3 aromatic rings. The summed E-state index contributed by atoms with van der Waals surface area (Å²) in [6.07, 6.45) is 8.18. The van der Waals surface area contributed by atoms with Crippen molar-refractivity contribution in [1.82, 2.24) is 10.3 Å². The summed E-state index contributed by atoms with van der Waals surface area (Å²) >= 11 is 0. The van der Waals surface area contributed by atoms with Gasteiger partial charge in [0.1, 0.15) is 5.52 Å². The van der Waals surface area contributed by atoms with Gasteiger partial charge in [0.25, 0.3) is 5.91 Å². The van der Waals surface area contributed by atoms with Gasteiger partial charge in [-0.15, -0.1) is 0 Å². The fourth-order valence-corrected chi connectivity index (χ4v) is 2.87. The predicted molar refractivity (Wildman–Crippen MR) is 110 cm³/mol. The predicted octanol–water partition coefficient (Wildman–Crippen LogP) is 3.86. The molecular weight excluding hydrogens is 352 g/mol. The summed E-state index contributed by atoms with van der Waals surface area (Å²) in [7, 11) is 0. The summed E-state index contributed by atoms with van der Waals surface area (Å²) in [6.45, 7) is 0. The van der Waals surface area contributed by atoms with Crippen LogP contribution in [0, 0.1) is 0 Å². The number of carbonyl (C=O) groups is 1. The molecule has 2 aromatic carbocycles. The molecule has 28 heavy (non-hydrogen) atoms. The van der Waals surface area contributed by atoms with E-state index < -0.39 is 0 Å². The van der Waals surface area contributed by atoms with Crippen LogP contribution in [0.1, 0.15) is 12.0 Å². The van der Waals surface area contributed by atoms with E-state index >= 15 is 0 Å². The molecule has 1 aliphatic carbocycles. The van der Waals surface area contributed by atoms with Gasteiger partial charge in [-0.3, -0.25) is 10.1 Å². The van der Waals surface area contributed by atoms with E-state index in [0.29, 0.717) is 16.7 Å². The lowest BCUT2D eigenvalue weighted by atomic mass is 10.0. The van der Waals surface area contributed by atoms with E-state index in [1.54, 1.807) is 18.2 Å². The summed E-state index contributed by atoms with van der Waals surface area (Å²) in [6, 6.07) is 17.4. The molecule has 6 nitrogen and oxygen atoms in total. The Morgan fingerprint density at radius 2 is 1.86 bits per heavy atom. The number of hydrogen-bond acceptors (Lipinski definition) is 4. The standard InChI is InChI=1S/C22H18N4O2/c23-21(26-22-24-18-11-4-5-12-19(18)28-22)25-20(27)17-10-6-9-16(13-14-17)15-7-2-1-3-8-15/h1-8,10-14H,9H2,(H3,23,24,25,26,27). The summed E-state index contributed by atoms with van der Waals surface area (Å²) < 4.78 is 5.48.